The summed E-state index contributed by atoms with van der Waals surface area (Å²) in [5.41, 5.74) is 3.68. The molecule has 3 saturated heterocycles. The van der Waals surface area contributed by atoms with Crippen molar-refractivity contribution in [2.45, 2.75) is 55.3 Å². The van der Waals surface area contributed by atoms with Crippen molar-refractivity contribution in [2.75, 3.05) is 36.4 Å². The van der Waals surface area contributed by atoms with Crippen LogP contribution in [0.15, 0.2) is 133 Å². The molecule has 6 atom stereocenters. The maximum Gasteiger partial charge on any atom is 0.324 e. The zero-order valence-corrected chi connectivity index (χ0v) is 33.0. The van der Waals surface area contributed by atoms with Gasteiger partial charge in [-0.2, -0.15) is 0 Å². The number of fused-ring (bicyclic) bond motifs is 3. The van der Waals surface area contributed by atoms with E-state index in [0.717, 1.165) is 42.4 Å². The Kier molecular flexibility index (Phi) is 9.65. The third kappa shape index (κ3) is 6.30. The molecule has 4 aromatic carbocycles. The Morgan fingerprint density at radius 1 is 0.783 bits per heavy atom. The van der Waals surface area contributed by atoms with Gasteiger partial charge in [0.2, 0.25) is 17.8 Å². The first-order valence-electron chi connectivity index (χ1n) is 20.8. The lowest BCUT2D eigenvalue weighted by Gasteiger charge is -2.46. The first-order chi connectivity index (χ1) is 29.4. The summed E-state index contributed by atoms with van der Waals surface area (Å²) in [6, 6.07) is 31.1. The molecule has 0 radical (unpaired) electrons. The van der Waals surface area contributed by atoms with Gasteiger partial charge < -0.3 is 25.0 Å². The van der Waals surface area contributed by atoms with Gasteiger partial charge in [0.1, 0.15) is 23.3 Å². The molecule has 2 amide bonds. The molecular weight excluding hydrogens is 753 g/mol. The van der Waals surface area contributed by atoms with E-state index >= 15 is 14.4 Å². The first kappa shape index (κ1) is 37.5. The third-order valence-corrected chi connectivity index (χ3v) is 12.9. The van der Waals surface area contributed by atoms with Crippen molar-refractivity contribution in [1.82, 2.24) is 19.8 Å². The van der Waals surface area contributed by atoms with Crippen LogP contribution >= 0.6 is 0 Å². The van der Waals surface area contributed by atoms with Gasteiger partial charge in [-0.1, -0.05) is 90.7 Å². The smallest absolute Gasteiger partial charge is 0.324 e. The Bertz CT molecular complexity index is 2530. The Hall–Kier alpha value is -6.77. The molecule has 1 spiro atoms. The molecular formula is C49H44N6O5. The van der Waals surface area contributed by atoms with Crippen molar-refractivity contribution in [2.24, 2.45) is 5.92 Å². The van der Waals surface area contributed by atoms with Crippen molar-refractivity contribution in [3.8, 4) is 17.6 Å². The molecule has 0 bridgehead atoms. The molecule has 11 heteroatoms. The number of carbonyl (C=O) groups excluding carboxylic acids is 3. The number of amides is 2. The zero-order valence-electron chi connectivity index (χ0n) is 33.0. The Balaban J connectivity index is 1.19. The number of aromatic hydroxyl groups is 1. The van der Waals surface area contributed by atoms with E-state index < -0.39 is 41.5 Å². The number of hydrogen-bond donors (Lipinski definition) is 2. The number of esters is 1. The van der Waals surface area contributed by atoms with E-state index in [0.29, 0.717) is 54.5 Å². The number of nitrogens with one attached hydrogen (secondary N) is 1. The Morgan fingerprint density at radius 2 is 1.50 bits per heavy atom. The maximum absolute atomic E-state index is 15.8. The topological polar surface area (TPSA) is 128 Å². The number of phenolic OH excluding ortho intramolecular Hbond substituents is 1. The van der Waals surface area contributed by atoms with Crippen LogP contribution in [0.2, 0.25) is 0 Å². The van der Waals surface area contributed by atoms with E-state index in [1.165, 1.54) is 0 Å². The van der Waals surface area contributed by atoms with Gasteiger partial charge in [-0.3, -0.25) is 19.3 Å². The summed E-state index contributed by atoms with van der Waals surface area (Å²) in [7, 11) is 0. The van der Waals surface area contributed by atoms with Gasteiger partial charge in [0.25, 0.3) is 0 Å². The number of ether oxygens (including phenoxy) is 1. The molecule has 5 heterocycles. The van der Waals surface area contributed by atoms with Gasteiger partial charge in [-0.25, -0.2) is 9.97 Å². The molecule has 2 N–H and O–H groups in total. The predicted molar refractivity (Wildman–Crippen MR) is 225 cm³/mol. The van der Waals surface area contributed by atoms with E-state index in [1.54, 1.807) is 47.6 Å². The fourth-order valence-corrected chi connectivity index (χ4v) is 10.2. The summed E-state index contributed by atoms with van der Waals surface area (Å²) in [6.07, 6.45) is 8.98. The summed E-state index contributed by atoms with van der Waals surface area (Å²) in [4.78, 5) is 61.2. The number of cyclic esters (lactones) is 1. The largest absolute Gasteiger partial charge is 0.508 e. The lowest BCUT2D eigenvalue weighted by Crippen LogP contribution is -2.58. The summed E-state index contributed by atoms with van der Waals surface area (Å²) < 4.78 is 6.58. The van der Waals surface area contributed by atoms with Crippen molar-refractivity contribution < 1.29 is 24.2 Å². The van der Waals surface area contributed by atoms with E-state index in [1.807, 2.05) is 83.8 Å². The van der Waals surface area contributed by atoms with Crippen molar-refractivity contribution in [3.63, 3.8) is 0 Å². The molecule has 0 saturated carbocycles. The molecule has 1 aliphatic carbocycles. The van der Waals surface area contributed by atoms with Gasteiger partial charge >= 0.3 is 5.97 Å². The summed E-state index contributed by atoms with van der Waals surface area (Å²) >= 11 is 0. The number of anilines is 2. The van der Waals surface area contributed by atoms with Crippen LogP contribution in [0.1, 0.15) is 71.7 Å². The fraction of sp³-hybridized carbons (Fsp3) is 0.286. The number of carbonyl (C=O) groups is 3. The number of allylic oxidation sites excluding steroid dienone is 2. The van der Waals surface area contributed by atoms with Gasteiger partial charge in [0, 0.05) is 49.8 Å². The summed E-state index contributed by atoms with van der Waals surface area (Å²) in [6.45, 7) is 1.60. The fourth-order valence-electron chi connectivity index (χ4n) is 10.2. The lowest BCUT2D eigenvalue weighted by atomic mass is 9.65. The number of rotatable bonds is 5. The minimum absolute atomic E-state index is 0.0564. The van der Waals surface area contributed by atoms with Gasteiger partial charge in [-0.15, -0.1) is 0 Å². The minimum atomic E-state index is -1.63. The van der Waals surface area contributed by atoms with E-state index in [-0.39, 0.29) is 17.6 Å². The molecule has 11 nitrogen and oxygen atoms in total. The number of phenols is 1. The van der Waals surface area contributed by atoms with E-state index in [9.17, 15) is 5.11 Å². The van der Waals surface area contributed by atoms with Crippen LogP contribution in [0.3, 0.4) is 0 Å². The average Bonchev–Trinajstić information content (AvgIpc) is 3.78. The van der Waals surface area contributed by atoms with Crippen LogP contribution in [0.4, 0.5) is 11.6 Å². The number of nitrogens with zero attached hydrogens (tertiary/aromatic N) is 5. The quantitative estimate of drug-likeness (QED) is 0.148. The molecule has 60 heavy (non-hydrogen) atoms. The predicted octanol–water partition coefficient (Wildman–Crippen LogP) is 6.65. The second-order valence-electron chi connectivity index (χ2n) is 16.2. The third-order valence-electron chi connectivity index (χ3n) is 12.9. The van der Waals surface area contributed by atoms with Crippen LogP contribution in [-0.4, -0.2) is 74.9 Å². The average molecular weight is 797 g/mol. The highest BCUT2D eigenvalue weighted by atomic mass is 16.6. The summed E-state index contributed by atoms with van der Waals surface area (Å²) in [5.74, 6) is 4.92. The molecule has 5 aliphatic rings. The first-order valence-corrected chi connectivity index (χ1v) is 20.8. The second-order valence-corrected chi connectivity index (χ2v) is 16.2. The van der Waals surface area contributed by atoms with Crippen LogP contribution in [0.5, 0.6) is 5.75 Å². The standard InChI is InChI=1S/C49H44N6O5/c56-37-22-20-36(21-23-37)44-49(38-31-33(19-24-39(38)52-47(49)59)18-17-32-11-4-1-5-12-32)40(45(57)53-27-29-54(30-28-53)48-50-25-10-26-51-48)42-46(58)60-43(35-15-8-3-9-16-35)41(55(42)44)34-13-6-2-7-14-34/h2-3,6-11,13-16,19-26,31,40-44,56H,1,4-5,12,27-30H2,(H,52,59)/t40-,41-,42-,43+,44+,49-/m1/s1. The molecule has 4 aliphatic heterocycles. The van der Waals surface area contributed by atoms with Crippen LogP contribution in [0, 0.1) is 17.8 Å². The highest BCUT2D eigenvalue weighted by Gasteiger charge is 2.74. The molecule has 3 fully saturated rings. The van der Waals surface area contributed by atoms with Crippen molar-refractivity contribution in [1.29, 1.82) is 0 Å². The SMILES string of the molecule is O=C1O[C@@H](c2ccccc2)[C@@H](c2ccccc2)N2[C@@H](c3ccc(O)cc3)[C@]3(C(=O)Nc4ccc(C#CC5=CCCCC5)cc43)[C@@H](C(=O)N3CCN(c4ncccn4)CC3)[C@H]12. The molecule has 1 aromatic heterocycles. The number of aromatic nitrogens is 2. The molecule has 10 rings (SSSR count). The normalized spacial score (nSPS) is 26.0. The van der Waals surface area contributed by atoms with Crippen molar-refractivity contribution in [3.05, 3.63) is 161 Å². The Labute approximate surface area is 348 Å². The monoisotopic (exact) mass is 796 g/mol. The molecule has 300 valence electrons. The van der Waals surface area contributed by atoms with E-state index in [2.05, 4.69) is 38.1 Å². The number of hydrogen-bond acceptors (Lipinski definition) is 9. The Morgan fingerprint density at radius 3 is 2.20 bits per heavy atom. The van der Waals surface area contributed by atoms with Gasteiger partial charge in [-0.05, 0) is 89.9 Å². The zero-order chi connectivity index (χ0) is 40.8. The van der Waals surface area contributed by atoms with Crippen LogP contribution in [-0.2, 0) is 24.5 Å². The van der Waals surface area contributed by atoms with Crippen LogP contribution < -0.4 is 10.2 Å². The summed E-state index contributed by atoms with van der Waals surface area (Å²) in [5, 5.41) is 13.8. The number of morpholine rings is 1. The van der Waals surface area contributed by atoms with Gasteiger partial charge in [0.05, 0.1) is 18.0 Å². The number of piperazine rings is 1. The highest BCUT2D eigenvalue weighted by molar-refractivity contribution is 6.12. The van der Waals surface area contributed by atoms with E-state index in [4.69, 9.17) is 4.74 Å². The van der Waals surface area contributed by atoms with Crippen LogP contribution in [0.25, 0.3) is 0 Å². The lowest BCUT2D eigenvalue weighted by molar-refractivity contribution is -0.179. The maximum atomic E-state index is 15.8. The van der Waals surface area contributed by atoms with Crippen molar-refractivity contribution >= 4 is 29.4 Å². The molecule has 0 unspecified atom stereocenters. The second kappa shape index (κ2) is 15.4. The molecule has 5 aromatic rings. The van der Waals surface area contributed by atoms with Gasteiger partial charge in [0.15, 0.2) is 0 Å². The number of benzene rings is 4. The minimum Gasteiger partial charge on any atom is -0.508 e. The highest BCUT2D eigenvalue weighted by Crippen LogP contribution is 2.65.